The molecule has 3 aromatic rings. The van der Waals surface area contributed by atoms with E-state index in [1.807, 2.05) is 49.7 Å². The number of para-hydroxylation sites is 1. The minimum atomic E-state index is -0.464. The molecule has 0 aliphatic rings. The number of anilines is 1. The van der Waals surface area contributed by atoms with E-state index in [0.717, 1.165) is 41.2 Å². The largest absolute Gasteiger partial charge is 0.326 e. The molecule has 7 heteroatoms. The van der Waals surface area contributed by atoms with Gasteiger partial charge in [-0.3, -0.25) is 14.8 Å². The molecule has 0 unspecified atom stereocenters. The maximum atomic E-state index is 13.6. The van der Waals surface area contributed by atoms with Crippen LogP contribution in [0.1, 0.15) is 46.7 Å². The third-order valence-corrected chi connectivity index (χ3v) is 5.20. The van der Waals surface area contributed by atoms with Gasteiger partial charge >= 0.3 is 0 Å². The lowest BCUT2D eigenvalue weighted by molar-refractivity contribution is 0.0976. The number of carbonyl (C=O) groups excluding carboxylic acids is 1. The van der Waals surface area contributed by atoms with E-state index in [1.165, 1.54) is 18.2 Å². The average molecular weight is 422 g/mol. The Hall–Kier alpha value is -3.48. The highest BCUT2D eigenvalue weighted by Gasteiger charge is 2.14. The van der Waals surface area contributed by atoms with E-state index >= 15 is 0 Å². The van der Waals surface area contributed by atoms with Gasteiger partial charge in [-0.2, -0.15) is 5.10 Å². The lowest BCUT2D eigenvalue weighted by Gasteiger charge is -2.14. The zero-order chi connectivity index (χ0) is 22.4. The maximum Gasteiger partial charge on any atom is 0.258 e. The normalized spacial score (nSPS) is 11.5. The van der Waals surface area contributed by atoms with Crippen molar-refractivity contribution in [2.75, 3.05) is 5.32 Å². The first-order valence-electron chi connectivity index (χ1n) is 10.4. The van der Waals surface area contributed by atoms with Gasteiger partial charge in [0.05, 0.1) is 12.2 Å². The molecule has 1 aromatic heterocycles. The number of aromatic nitrogens is 2. The maximum absolute atomic E-state index is 13.6. The highest BCUT2D eigenvalue weighted by atomic mass is 19.1. The number of hydrogen-bond acceptors (Lipinski definition) is 3. The van der Waals surface area contributed by atoms with Crippen molar-refractivity contribution in [3.8, 4) is 0 Å². The molecule has 0 aliphatic heterocycles. The minimum Gasteiger partial charge on any atom is -0.326 e. The highest BCUT2D eigenvalue weighted by molar-refractivity contribution is 6.10. The Balaban J connectivity index is 1.90. The summed E-state index contributed by atoms with van der Waals surface area (Å²) < 4.78 is 15.5. The molecule has 1 heterocycles. The quantitative estimate of drug-likeness (QED) is 0.451. The van der Waals surface area contributed by atoms with Gasteiger partial charge in [0.15, 0.2) is 0 Å². The van der Waals surface area contributed by atoms with Gasteiger partial charge in [0.2, 0.25) is 5.96 Å². The van der Waals surface area contributed by atoms with E-state index < -0.39 is 11.7 Å². The number of halogens is 1. The number of nitrogens with one attached hydrogen (secondary N) is 2. The van der Waals surface area contributed by atoms with Crippen LogP contribution in [0.5, 0.6) is 0 Å². The fourth-order valence-electron chi connectivity index (χ4n) is 3.43. The summed E-state index contributed by atoms with van der Waals surface area (Å²) in [6.07, 6.45) is 0.829. The zero-order valence-corrected chi connectivity index (χ0v) is 18.4. The second-order valence-corrected chi connectivity index (χ2v) is 7.23. The first kappa shape index (κ1) is 22.2. The Kier molecular flexibility index (Phi) is 7.18. The van der Waals surface area contributed by atoms with Crippen LogP contribution >= 0.6 is 0 Å². The molecule has 0 radical (unpaired) electrons. The molecule has 0 bridgehead atoms. The van der Waals surface area contributed by atoms with Crippen LogP contribution in [0, 0.1) is 19.7 Å². The summed E-state index contributed by atoms with van der Waals surface area (Å²) in [5, 5.41) is 10.6. The van der Waals surface area contributed by atoms with Crippen molar-refractivity contribution in [3.63, 3.8) is 0 Å². The van der Waals surface area contributed by atoms with Gasteiger partial charge in [-0.25, -0.2) is 9.38 Å². The standard InChI is InChI=1S/C24H28FN5O/c1-5-18-10-7-8-13-22(18)27-24(28-23(31)19-11-9-12-20(25)14-19)26-15-21-16(3)29-30(6-2)17(21)4/h7-14H,5-6,15H2,1-4H3,(H2,26,27,28,31). The average Bonchev–Trinajstić information content (AvgIpc) is 3.05. The molecule has 0 atom stereocenters. The second kappa shape index (κ2) is 10.0. The Morgan fingerprint density at radius 1 is 1.13 bits per heavy atom. The molecule has 0 saturated carbocycles. The molecule has 162 valence electrons. The molecule has 2 N–H and O–H groups in total. The van der Waals surface area contributed by atoms with Gasteiger partial charge in [0.25, 0.3) is 5.91 Å². The van der Waals surface area contributed by atoms with Crippen molar-refractivity contribution in [1.29, 1.82) is 0 Å². The smallest absolute Gasteiger partial charge is 0.258 e. The molecule has 3 rings (SSSR count). The summed E-state index contributed by atoms with van der Waals surface area (Å²) in [6.45, 7) is 9.21. The number of rotatable bonds is 6. The Labute approximate surface area is 182 Å². The molecule has 0 saturated heterocycles. The van der Waals surface area contributed by atoms with Crippen LogP contribution in [0.4, 0.5) is 10.1 Å². The number of guanidine groups is 1. The van der Waals surface area contributed by atoms with Crippen LogP contribution in [-0.2, 0) is 19.5 Å². The lowest BCUT2D eigenvalue weighted by atomic mass is 10.1. The molecular formula is C24H28FN5O. The SMILES string of the molecule is CCc1ccccc1NC(=NCc1c(C)nn(CC)c1C)NC(=O)c1cccc(F)c1. The van der Waals surface area contributed by atoms with Crippen LogP contribution in [0.3, 0.4) is 0 Å². The van der Waals surface area contributed by atoms with Crippen LogP contribution < -0.4 is 10.6 Å². The van der Waals surface area contributed by atoms with Crippen LogP contribution in [-0.4, -0.2) is 21.6 Å². The molecule has 2 aromatic carbocycles. The molecule has 0 spiro atoms. The number of carbonyl (C=O) groups is 1. The number of nitrogens with zero attached hydrogens (tertiary/aromatic N) is 3. The summed E-state index contributed by atoms with van der Waals surface area (Å²) in [6, 6.07) is 13.4. The topological polar surface area (TPSA) is 71.3 Å². The number of benzene rings is 2. The van der Waals surface area contributed by atoms with Crippen molar-refractivity contribution >= 4 is 17.6 Å². The Morgan fingerprint density at radius 2 is 1.90 bits per heavy atom. The number of aryl methyl sites for hydroxylation is 3. The second-order valence-electron chi connectivity index (χ2n) is 7.23. The molecule has 31 heavy (non-hydrogen) atoms. The summed E-state index contributed by atoms with van der Waals surface area (Å²) in [7, 11) is 0. The van der Waals surface area contributed by atoms with Gasteiger partial charge < -0.3 is 5.32 Å². The van der Waals surface area contributed by atoms with Crippen molar-refractivity contribution in [1.82, 2.24) is 15.1 Å². The van der Waals surface area contributed by atoms with Crippen LogP contribution in [0.25, 0.3) is 0 Å². The third kappa shape index (κ3) is 5.36. The van der Waals surface area contributed by atoms with Crippen molar-refractivity contribution in [2.24, 2.45) is 4.99 Å². The van der Waals surface area contributed by atoms with E-state index in [9.17, 15) is 9.18 Å². The van der Waals surface area contributed by atoms with Gasteiger partial charge in [-0.15, -0.1) is 0 Å². The summed E-state index contributed by atoms with van der Waals surface area (Å²) in [4.78, 5) is 17.4. The van der Waals surface area contributed by atoms with E-state index in [-0.39, 0.29) is 5.56 Å². The fourth-order valence-corrected chi connectivity index (χ4v) is 3.43. The van der Waals surface area contributed by atoms with Crippen LogP contribution in [0.2, 0.25) is 0 Å². The van der Waals surface area contributed by atoms with E-state index in [0.29, 0.717) is 12.5 Å². The number of amides is 1. The van der Waals surface area contributed by atoms with Gasteiger partial charge in [-0.05, 0) is 57.0 Å². The molecule has 0 aliphatic carbocycles. The first-order chi connectivity index (χ1) is 14.9. The van der Waals surface area contributed by atoms with Gasteiger partial charge in [0, 0.05) is 29.1 Å². The van der Waals surface area contributed by atoms with E-state index in [2.05, 4.69) is 27.6 Å². The molecule has 1 amide bonds. The molecular weight excluding hydrogens is 393 g/mol. The number of aliphatic imine (C=N–C) groups is 1. The Bertz CT molecular complexity index is 1100. The monoisotopic (exact) mass is 421 g/mol. The van der Waals surface area contributed by atoms with Crippen molar-refractivity contribution < 1.29 is 9.18 Å². The molecule has 0 fully saturated rings. The summed E-state index contributed by atoms with van der Waals surface area (Å²) in [5.74, 6) is -0.593. The van der Waals surface area contributed by atoms with E-state index in [4.69, 9.17) is 0 Å². The number of hydrogen-bond donors (Lipinski definition) is 2. The lowest BCUT2D eigenvalue weighted by Crippen LogP contribution is -2.36. The third-order valence-electron chi connectivity index (χ3n) is 5.20. The zero-order valence-electron chi connectivity index (χ0n) is 18.4. The molecule has 6 nitrogen and oxygen atoms in total. The fraction of sp³-hybridized carbons (Fsp3) is 0.292. The highest BCUT2D eigenvalue weighted by Crippen LogP contribution is 2.17. The van der Waals surface area contributed by atoms with Crippen molar-refractivity contribution in [3.05, 3.63) is 82.4 Å². The first-order valence-corrected chi connectivity index (χ1v) is 10.4. The van der Waals surface area contributed by atoms with Crippen molar-refractivity contribution in [2.45, 2.75) is 47.2 Å². The van der Waals surface area contributed by atoms with Gasteiger partial charge in [-0.1, -0.05) is 31.2 Å². The predicted molar refractivity (Wildman–Crippen MR) is 122 cm³/mol. The minimum absolute atomic E-state index is 0.226. The Morgan fingerprint density at radius 3 is 2.58 bits per heavy atom. The van der Waals surface area contributed by atoms with Gasteiger partial charge in [0.1, 0.15) is 5.82 Å². The summed E-state index contributed by atoms with van der Waals surface area (Å²) >= 11 is 0. The predicted octanol–water partition coefficient (Wildman–Crippen LogP) is 4.62. The van der Waals surface area contributed by atoms with E-state index in [1.54, 1.807) is 6.07 Å². The van der Waals surface area contributed by atoms with Crippen LogP contribution in [0.15, 0.2) is 53.5 Å². The summed E-state index contributed by atoms with van der Waals surface area (Å²) in [5.41, 5.74) is 5.16.